The summed E-state index contributed by atoms with van der Waals surface area (Å²) in [6.45, 7) is 0.166. The van der Waals surface area contributed by atoms with Gasteiger partial charge in [-0.05, 0) is 5.56 Å². The molecule has 1 saturated heterocycles. The molecule has 1 aromatic carbocycles. The molecule has 0 radical (unpaired) electrons. The van der Waals surface area contributed by atoms with Gasteiger partial charge in [0.2, 0.25) is 0 Å². The van der Waals surface area contributed by atoms with E-state index in [-0.39, 0.29) is 18.4 Å². The Morgan fingerprint density at radius 1 is 1.38 bits per heavy atom. The zero-order valence-electron chi connectivity index (χ0n) is 8.33. The summed E-state index contributed by atoms with van der Waals surface area (Å²) in [5.41, 5.74) is -0.651. The topological polar surface area (TPSA) is 69.4 Å². The first-order chi connectivity index (χ1) is 7.69. The van der Waals surface area contributed by atoms with Gasteiger partial charge in [0.1, 0.15) is 6.61 Å². The molecular formula is C11H9NO4. The number of benzene rings is 1. The fourth-order valence-electron chi connectivity index (χ4n) is 2.70. The fourth-order valence-corrected chi connectivity index (χ4v) is 2.70. The number of cyclic esters (lactones) is 1. The number of hydrogen-bond donors (Lipinski definition) is 0. The van der Waals surface area contributed by atoms with Crippen LogP contribution in [0.5, 0.6) is 0 Å². The van der Waals surface area contributed by atoms with Gasteiger partial charge in [-0.3, -0.25) is 10.1 Å². The van der Waals surface area contributed by atoms with Gasteiger partial charge in [0.15, 0.2) is 0 Å². The number of carbonyl (C=O) groups is 1. The molecule has 2 aliphatic rings. The molecule has 3 atom stereocenters. The van der Waals surface area contributed by atoms with Crippen molar-refractivity contribution < 1.29 is 14.5 Å². The van der Waals surface area contributed by atoms with Crippen molar-refractivity contribution in [3.8, 4) is 0 Å². The van der Waals surface area contributed by atoms with Crippen LogP contribution in [0.15, 0.2) is 30.3 Å². The quantitative estimate of drug-likeness (QED) is 0.422. The van der Waals surface area contributed by atoms with Crippen molar-refractivity contribution in [3.63, 3.8) is 0 Å². The molecule has 5 nitrogen and oxygen atoms in total. The molecule has 1 saturated carbocycles. The van der Waals surface area contributed by atoms with Gasteiger partial charge in [0, 0.05) is 4.92 Å². The third-order valence-electron chi connectivity index (χ3n) is 3.51. The van der Waals surface area contributed by atoms with Crippen molar-refractivity contribution in [2.75, 3.05) is 6.61 Å². The molecule has 0 bridgehead atoms. The average molecular weight is 219 g/mol. The molecule has 5 heteroatoms. The molecule has 82 valence electrons. The molecule has 1 aromatic rings. The zero-order chi connectivity index (χ0) is 11.3. The second kappa shape index (κ2) is 2.81. The van der Waals surface area contributed by atoms with E-state index >= 15 is 0 Å². The minimum atomic E-state index is -1.50. The third kappa shape index (κ3) is 0.881. The molecule has 0 unspecified atom stereocenters. The lowest BCUT2D eigenvalue weighted by Crippen LogP contribution is -2.33. The van der Waals surface area contributed by atoms with Gasteiger partial charge in [-0.1, -0.05) is 30.3 Å². The van der Waals surface area contributed by atoms with E-state index in [1.165, 1.54) is 0 Å². The van der Waals surface area contributed by atoms with E-state index in [4.69, 9.17) is 4.74 Å². The predicted molar refractivity (Wildman–Crippen MR) is 53.4 cm³/mol. The molecule has 0 amide bonds. The Kier molecular flexibility index (Phi) is 1.64. The second-order valence-corrected chi connectivity index (χ2v) is 4.18. The molecule has 2 fully saturated rings. The summed E-state index contributed by atoms with van der Waals surface area (Å²) in [6.07, 6.45) is 0. The summed E-state index contributed by atoms with van der Waals surface area (Å²) < 4.78 is 4.75. The minimum Gasteiger partial charge on any atom is -0.460 e. The molecule has 1 aliphatic heterocycles. The Morgan fingerprint density at radius 3 is 2.62 bits per heavy atom. The molecule has 3 rings (SSSR count). The molecule has 0 spiro atoms. The van der Waals surface area contributed by atoms with Gasteiger partial charge < -0.3 is 4.74 Å². The molecule has 1 heterocycles. The highest BCUT2D eigenvalue weighted by molar-refractivity contribution is 5.88. The van der Waals surface area contributed by atoms with Crippen molar-refractivity contribution in [3.05, 3.63) is 46.0 Å². The van der Waals surface area contributed by atoms with E-state index in [0.717, 1.165) is 5.56 Å². The smallest absolute Gasteiger partial charge is 0.385 e. The summed E-state index contributed by atoms with van der Waals surface area (Å²) in [7, 11) is 0. The maximum atomic E-state index is 11.5. The standard InChI is InChI=1S/C11H9NO4/c13-10-11(12(14)15)8(6-16-10)9(11)7-4-2-1-3-5-7/h1-5,8-9H,6H2/t8-,9-,11+/m0/s1. The number of nitro groups is 1. The van der Waals surface area contributed by atoms with Crippen molar-refractivity contribution in [1.82, 2.24) is 0 Å². The number of fused-ring (bicyclic) bond motifs is 1. The first kappa shape index (κ1) is 9.33. The molecular weight excluding hydrogens is 210 g/mol. The SMILES string of the molecule is O=C1OC[C@H]2[C@H](c3ccccc3)[C@@]12[N+](=O)[O-]. The Morgan fingerprint density at radius 2 is 2.06 bits per heavy atom. The van der Waals surface area contributed by atoms with Crippen LogP contribution in [0.1, 0.15) is 11.5 Å². The predicted octanol–water partition coefficient (Wildman–Crippen LogP) is 0.972. The van der Waals surface area contributed by atoms with Crippen LogP contribution in [0.25, 0.3) is 0 Å². The molecule has 16 heavy (non-hydrogen) atoms. The summed E-state index contributed by atoms with van der Waals surface area (Å²) in [4.78, 5) is 22.1. The first-order valence-corrected chi connectivity index (χ1v) is 5.05. The normalized spacial score (nSPS) is 35.4. The van der Waals surface area contributed by atoms with Gasteiger partial charge in [0.05, 0.1) is 11.8 Å². The Hall–Kier alpha value is -1.91. The van der Waals surface area contributed by atoms with Gasteiger partial charge in [-0.25, -0.2) is 4.79 Å². The van der Waals surface area contributed by atoms with Gasteiger partial charge in [-0.15, -0.1) is 0 Å². The van der Waals surface area contributed by atoms with Crippen LogP contribution in [0.3, 0.4) is 0 Å². The maximum Gasteiger partial charge on any atom is 0.385 e. The molecule has 1 aliphatic carbocycles. The highest BCUT2D eigenvalue weighted by Gasteiger charge is 2.85. The number of rotatable bonds is 2. The Bertz CT molecular complexity index is 472. The van der Waals surface area contributed by atoms with Gasteiger partial charge in [0.25, 0.3) is 0 Å². The van der Waals surface area contributed by atoms with E-state index in [1.54, 1.807) is 0 Å². The minimum absolute atomic E-state index is 0.166. The largest absolute Gasteiger partial charge is 0.460 e. The lowest BCUT2D eigenvalue weighted by atomic mass is 10.1. The zero-order valence-corrected chi connectivity index (χ0v) is 8.33. The van der Waals surface area contributed by atoms with Crippen molar-refractivity contribution in [1.29, 1.82) is 0 Å². The number of hydrogen-bond acceptors (Lipinski definition) is 4. The van der Waals surface area contributed by atoms with Crippen LogP contribution in [0.4, 0.5) is 0 Å². The fraction of sp³-hybridized carbons (Fsp3) is 0.364. The number of ether oxygens (including phenoxy) is 1. The summed E-state index contributed by atoms with van der Waals surface area (Å²) in [5, 5.41) is 11.1. The van der Waals surface area contributed by atoms with Crippen LogP contribution in [-0.4, -0.2) is 23.0 Å². The number of carbonyl (C=O) groups excluding carboxylic acids is 1. The average Bonchev–Trinajstić information content (AvgIpc) is 2.86. The monoisotopic (exact) mass is 219 g/mol. The van der Waals surface area contributed by atoms with E-state index in [2.05, 4.69) is 0 Å². The highest BCUT2D eigenvalue weighted by Crippen LogP contribution is 2.63. The second-order valence-electron chi connectivity index (χ2n) is 4.18. The van der Waals surface area contributed by atoms with E-state index in [1.807, 2.05) is 30.3 Å². The lowest BCUT2D eigenvalue weighted by molar-refractivity contribution is -0.526. The third-order valence-corrected chi connectivity index (χ3v) is 3.51. The number of nitrogens with zero attached hydrogens (tertiary/aromatic N) is 1. The summed E-state index contributed by atoms with van der Waals surface area (Å²) in [5.74, 6) is -1.29. The number of esters is 1. The highest BCUT2D eigenvalue weighted by atomic mass is 16.6. The van der Waals surface area contributed by atoms with Crippen LogP contribution in [0, 0.1) is 16.0 Å². The van der Waals surface area contributed by atoms with Crippen molar-refractivity contribution in [2.45, 2.75) is 11.5 Å². The van der Waals surface area contributed by atoms with Crippen LogP contribution in [0.2, 0.25) is 0 Å². The Labute approximate surface area is 91.2 Å². The lowest BCUT2D eigenvalue weighted by Gasteiger charge is -2.06. The van der Waals surface area contributed by atoms with E-state index in [0.29, 0.717) is 0 Å². The summed E-state index contributed by atoms with van der Waals surface area (Å²) in [6, 6.07) is 9.13. The van der Waals surface area contributed by atoms with Gasteiger partial charge >= 0.3 is 11.5 Å². The Balaban J connectivity index is 2.03. The van der Waals surface area contributed by atoms with Gasteiger partial charge in [-0.2, -0.15) is 0 Å². The summed E-state index contributed by atoms with van der Waals surface area (Å²) >= 11 is 0. The van der Waals surface area contributed by atoms with E-state index in [9.17, 15) is 14.9 Å². The maximum absolute atomic E-state index is 11.5. The van der Waals surface area contributed by atoms with Crippen molar-refractivity contribution in [2.24, 2.45) is 5.92 Å². The van der Waals surface area contributed by atoms with Crippen LogP contribution in [-0.2, 0) is 9.53 Å². The van der Waals surface area contributed by atoms with E-state index < -0.39 is 16.4 Å². The first-order valence-electron chi connectivity index (χ1n) is 5.05. The molecule has 0 aromatic heterocycles. The van der Waals surface area contributed by atoms with Crippen LogP contribution < -0.4 is 0 Å². The van der Waals surface area contributed by atoms with Crippen LogP contribution >= 0.6 is 0 Å². The molecule has 0 N–H and O–H groups in total. The van der Waals surface area contributed by atoms with Crippen molar-refractivity contribution >= 4 is 5.97 Å².